The summed E-state index contributed by atoms with van der Waals surface area (Å²) in [5.74, 6) is 0. The lowest BCUT2D eigenvalue weighted by atomic mass is 9.83. The molecule has 0 heterocycles. The summed E-state index contributed by atoms with van der Waals surface area (Å²) in [6, 6.07) is 0. The van der Waals surface area contributed by atoms with E-state index in [2.05, 4.69) is 12.2 Å². The van der Waals surface area contributed by atoms with E-state index in [0.717, 1.165) is 19.6 Å². The van der Waals surface area contributed by atoms with Gasteiger partial charge in [-0.3, -0.25) is 0 Å². The zero-order valence-corrected chi connectivity index (χ0v) is 10.9. The molecule has 0 spiro atoms. The Hall–Kier alpha value is -0.120. The standard InChI is InChI=1S/C13H27NO2/c1-13(7-4-3-5-8-13)14-9-6-10-16-12-11-15-2/h14H,3-12H2,1-2H3. The maximum absolute atomic E-state index is 5.43. The second-order valence-electron chi connectivity index (χ2n) is 5.01. The van der Waals surface area contributed by atoms with E-state index >= 15 is 0 Å². The van der Waals surface area contributed by atoms with Crippen LogP contribution in [0.4, 0.5) is 0 Å². The maximum atomic E-state index is 5.43. The lowest BCUT2D eigenvalue weighted by Gasteiger charge is -2.34. The highest BCUT2D eigenvalue weighted by Crippen LogP contribution is 2.27. The molecule has 0 atom stereocenters. The van der Waals surface area contributed by atoms with Crippen molar-refractivity contribution in [2.24, 2.45) is 0 Å². The van der Waals surface area contributed by atoms with Crippen LogP contribution >= 0.6 is 0 Å². The summed E-state index contributed by atoms with van der Waals surface area (Å²) in [5, 5.41) is 3.68. The molecular weight excluding hydrogens is 202 g/mol. The fraction of sp³-hybridized carbons (Fsp3) is 1.00. The van der Waals surface area contributed by atoms with Gasteiger partial charge in [0.05, 0.1) is 13.2 Å². The van der Waals surface area contributed by atoms with Crippen molar-refractivity contribution in [3.63, 3.8) is 0 Å². The third kappa shape index (κ3) is 5.83. The van der Waals surface area contributed by atoms with Crippen LogP contribution in [0, 0.1) is 0 Å². The van der Waals surface area contributed by atoms with Crippen molar-refractivity contribution in [2.75, 3.05) is 33.5 Å². The van der Waals surface area contributed by atoms with Gasteiger partial charge in [-0.15, -0.1) is 0 Å². The first kappa shape index (κ1) is 13.9. The van der Waals surface area contributed by atoms with Gasteiger partial charge in [-0.05, 0) is 32.7 Å². The largest absolute Gasteiger partial charge is 0.382 e. The van der Waals surface area contributed by atoms with E-state index in [0.29, 0.717) is 18.8 Å². The van der Waals surface area contributed by atoms with Crippen molar-refractivity contribution in [3.8, 4) is 0 Å². The van der Waals surface area contributed by atoms with Crippen LogP contribution in [0.2, 0.25) is 0 Å². The number of nitrogens with one attached hydrogen (secondary N) is 1. The third-order valence-corrected chi connectivity index (χ3v) is 3.41. The van der Waals surface area contributed by atoms with Gasteiger partial charge in [-0.25, -0.2) is 0 Å². The lowest BCUT2D eigenvalue weighted by molar-refractivity contribution is 0.0683. The number of hydrogen-bond acceptors (Lipinski definition) is 3. The van der Waals surface area contributed by atoms with Crippen molar-refractivity contribution >= 4 is 0 Å². The third-order valence-electron chi connectivity index (χ3n) is 3.41. The van der Waals surface area contributed by atoms with Crippen LogP contribution in [0.25, 0.3) is 0 Å². The molecule has 1 aliphatic carbocycles. The molecule has 0 unspecified atom stereocenters. The highest BCUT2D eigenvalue weighted by atomic mass is 16.5. The summed E-state index contributed by atoms with van der Waals surface area (Å²) in [5.41, 5.74) is 0.394. The van der Waals surface area contributed by atoms with Crippen LogP contribution < -0.4 is 5.32 Å². The molecular formula is C13H27NO2. The fourth-order valence-corrected chi connectivity index (χ4v) is 2.32. The van der Waals surface area contributed by atoms with Crippen molar-refractivity contribution in [1.29, 1.82) is 0 Å². The minimum atomic E-state index is 0.394. The number of ether oxygens (including phenoxy) is 2. The Kier molecular flexibility index (Phi) is 7.01. The zero-order valence-electron chi connectivity index (χ0n) is 10.9. The van der Waals surface area contributed by atoms with Gasteiger partial charge < -0.3 is 14.8 Å². The summed E-state index contributed by atoms with van der Waals surface area (Å²) in [4.78, 5) is 0. The minimum Gasteiger partial charge on any atom is -0.382 e. The average molecular weight is 229 g/mol. The van der Waals surface area contributed by atoms with Crippen LogP contribution in [0.1, 0.15) is 45.4 Å². The number of methoxy groups -OCH3 is 1. The van der Waals surface area contributed by atoms with Crippen molar-refractivity contribution in [3.05, 3.63) is 0 Å². The molecule has 1 saturated carbocycles. The first-order valence-corrected chi connectivity index (χ1v) is 6.58. The molecule has 0 aromatic heterocycles. The molecule has 0 aromatic rings. The summed E-state index contributed by atoms with van der Waals surface area (Å²) in [6.07, 6.45) is 7.94. The molecule has 0 saturated heterocycles. The molecule has 0 aromatic carbocycles. The van der Waals surface area contributed by atoms with E-state index in [4.69, 9.17) is 9.47 Å². The van der Waals surface area contributed by atoms with E-state index < -0.39 is 0 Å². The molecule has 16 heavy (non-hydrogen) atoms. The molecule has 0 radical (unpaired) electrons. The van der Waals surface area contributed by atoms with E-state index in [1.807, 2.05) is 0 Å². The quantitative estimate of drug-likeness (QED) is 0.648. The first-order valence-electron chi connectivity index (χ1n) is 6.58. The Balaban J connectivity index is 1.93. The summed E-state index contributed by atoms with van der Waals surface area (Å²) < 4.78 is 10.4. The van der Waals surface area contributed by atoms with Gasteiger partial charge in [0.2, 0.25) is 0 Å². The van der Waals surface area contributed by atoms with E-state index in [9.17, 15) is 0 Å². The second-order valence-corrected chi connectivity index (χ2v) is 5.01. The zero-order chi connectivity index (χ0) is 11.7. The van der Waals surface area contributed by atoms with E-state index in [-0.39, 0.29) is 0 Å². The predicted octanol–water partition coefficient (Wildman–Crippen LogP) is 2.35. The molecule has 3 heteroatoms. The molecule has 0 bridgehead atoms. The van der Waals surface area contributed by atoms with Gasteiger partial charge >= 0.3 is 0 Å². The van der Waals surface area contributed by atoms with Crippen LogP contribution in [0.5, 0.6) is 0 Å². The molecule has 3 nitrogen and oxygen atoms in total. The van der Waals surface area contributed by atoms with Crippen LogP contribution in [-0.4, -0.2) is 39.0 Å². The van der Waals surface area contributed by atoms with Crippen molar-refractivity contribution in [2.45, 2.75) is 51.0 Å². The Morgan fingerprint density at radius 2 is 1.81 bits per heavy atom. The Bertz CT molecular complexity index is 167. The molecule has 1 aliphatic rings. The topological polar surface area (TPSA) is 30.5 Å². The minimum absolute atomic E-state index is 0.394. The monoisotopic (exact) mass is 229 g/mol. The predicted molar refractivity (Wildman–Crippen MR) is 66.8 cm³/mol. The van der Waals surface area contributed by atoms with Gasteiger partial charge in [0.15, 0.2) is 0 Å². The van der Waals surface area contributed by atoms with Gasteiger partial charge in [-0.2, -0.15) is 0 Å². The summed E-state index contributed by atoms with van der Waals surface area (Å²) in [7, 11) is 1.70. The number of rotatable bonds is 8. The first-order chi connectivity index (χ1) is 7.77. The van der Waals surface area contributed by atoms with Gasteiger partial charge in [0, 0.05) is 19.3 Å². The molecule has 1 N–H and O–H groups in total. The van der Waals surface area contributed by atoms with Gasteiger partial charge in [0.25, 0.3) is 0 Å². The Labute approximate surface area is 99.9 Å². The molecule has 0 aliphatic heterocycles. The Morgan fingerprint density at radius 3 is 2.50 bits per heavy atom. The second kappa shape index (κ2) is 8.04. The average Bonchev–Trinajstić information content (AvgIpc) is 2.29. The highest BCUT2D eigenvalue weighted by Gasteiger charge is 2.25. The SMILES string of the molecule is COCCOCCCNC1(C)CCCCC1. The maximum Gasteiger partial charge on any atom is 0.0700 e. The van der Waals surface area contributed by atoms with Gasteiger partial charge in [0.1, 0.15) is 0 Å². The summed E-state index contributed by atoms with van der Waals surface area (Å²) >= 11 is 0. The lowest BCUT2D eigenvalue weighted by Crippen LogP contribution is -2.44. The molecule has 1 fully saturated rings. The molecule has 96 valence electrons. The van der Waals surface area contributed by atoms with Crippen molar-refractivity contribution < 1.29 is 9.47 Å². The smallest absolute Gasteiger partial charge is 0.0700 e. The molecule has 0 amide bonds. The molecule has 1 rings (SSSR count). The number of hydrogen-bond donors (Lipinski definition) is 1. The van der Waals surface area contributed by atoms with Crippen LogP contribution in [-0.2, 0) is 9.47 Å². The van der Waals surface area contributed by atoms with Crippen molar-refractivity contribution in [1.82, 2.24) is 5.32 Å². The fourth-order valence-electron chi connectivity index (χ4n) is 2.32. The van der Waals surface area contributed by atoms with E-state index in [1.54, 1.807) is 7.11 Å². The normalized spacial score (nSPS) is 19.9. The van der Waals surface area contributed by atoms with Crippen LogP contribution in [0.3, 0.4) is 0 Å². The Morgan fingerprint density at radius 1 is 1.06 bits per heavy atom. The highest BCUT2D eigenvalue weighted by molar-refractivity contribution is 4.85. The summed E-state index contributed by atoms with van der Waals surface area (Å²) in [6.45, 7) is 5.69. The van der Waals surface area contributed by atoms with Gasteiger partial charge in [-0.1, -0.05) is 19.3 Å². The van der Waals surface area contributed by atoms with Crippen LogP contribution in [0.15, 0.2) is 0 Å². The van der Waals surface area contributed by atoms with E-state index in [1.165, 1.54) is 32.1 Å².